The van der Waals surface area contributed by atoms with Crippen LogP contribution >= 0.6 is 0 Å². The van der Waals surface area contributed by atoms with E-state index in [2.05, 4.69) is 0 Å². The fourth-order valence-electron chi connectivity index (χ4n) is 3.64. The topological polar surface area (TPSA) is 85.2 Å². The highest BCUT2D eigenvalue weighted by Crippen LogP contribution is 2.46. The molecular formula is C21H22O6. The van der Waals surface area contributed by atoms with Crippen molar-refractivity contribution < 1.29 is 29.2 Å². The third-order valence-electron chi connectivity index (χ3n) is 4.97. The van der Waals surface area contributed by atoms with Crippen LogP contribution in [0.2, 0.25) is 0 Å². The van der Waals surface area contributed by atoms with Crippen LogP contribution in [0.15, 0.2) is 35.9 Å². The SMILES string of the molecule is COc1cc2c(cc1O)[C@H](c1ccc(OC)c(OC)c1)[C@@H](CO)C(C=O)=C2. The number of phenols is 1. The molecule has 0 fully saturated rings. The van der Waals surface area contributed by atoms with Gasteiger partial charge in [0, 0.05) is 11.8 Å². The Labute approximate surface area is 157 Å². The van der Waals surface area contributed by atoms with Gasteiger partial charge in [0.2, 0.25) is 0 Å². The second-order valence-electron chi connectivity index (χ2n) is 6.30. The minimum Gasteiger partial charge on any atom is -0.504 e. The molecule has 2 atom stereocenters. The average Bonchev–Trinajstić information content (AvgIpc) is 2.71. The Morgan fingerprint density at radius 3 is 2.30 bits per heavy atom. The monoisotopic (exact) mass is 370 g/mol. The molecule has 0 radical (unpaired) electrons. The smallest absolute Gasteiger partial charge is 0.161 e. The zero-order chi connectivity index (χ0) is 19.6. The zero-order valence-electron chi connectivity index (χ0n) is 15.4. The first-order valence-electron chi connectivity index (χ1n) is 8.48. The van der Waals surface area contributed by atoms with Gasteiger partial charge in [-0.15, -0.1) is 0 Å². The van der Waals surface area contributed by atoms with E-state index in [1.807, 2.05) is 12.1 Å². The van der Waals surface area contributed by atoms with E-state index in [1.165, 1.54) is 7.11 Å². The number of aldehydes is 1. The maximum atomic E-state index is 11.7. The molecule has 3 rings (SSSR count). The van der Waals surface area contributed by atoms with Gasteiger partial charge >= 0.3 is 0 Å². The van der Waals surface area contributed by atoms with Crippen molar-refractivity contribution >= 4 is 12.4 Å². The molecule has 0 heterocycles. The highest BCUT2D eigenvalue weighted by atomic mass is 16.5. The van der Waals surface area contributed by atoms with E-state index in [0.29, 0.717) is 22.8 Å². The number of aromatic hydroxyl groups is 1. The van der Waals surface area contributed by atoms with Crippen LogP contribution in [0.3, 0.4) is 0 Å². The number of carbonyl (C=O) groups is 1. The second-order valence-corrected chi connectivity index (χ2v) is 6.30. The molecule has 1 aliphatic carbocycles. The third-order valence-corrected chi connectivity index (χ3v) is 4.97. The van der Waals surface area contributed by atoms with Gasteiger partial charge in [-0.2, -0.15) is 0 Å². The fraction of sp³-hybridized carbons (Fsp3) is 0.286. The summed E-state index contributed by atoms with van der Waals surface area (Å²) in [6, 6.07) is 8.79. The molecule has 6 heteroatoms. The fourth-order valence-corrected chi connectivity index (χ4v) is 3.64. The molecule has 0 unspecified atom stereocenters. The van der Waals surface area contributed by atoms with E-state index in [4.69, 9.17) is 14.2 Å². The summed E-state index contributed by atoms with van der Waals surface area (Å²) in [4.78, 5) is 11.7. The van der Waals surface area contributed by atoms with Crippen molar-refractivity contribution in [2.24, 2.45) is 5.92 Å². The van der Waals surface area contributed by atoms with E-state index < -0.39 is 5.92 Å². The number of methoxy groups -OCH3 is 3. The Morgan fingerprint density at radius 2 is 1.70 bits per heavy atom. The van der Waals surface area contributed by atoms with Gasteiger partial charge in [0.15, 0.2) is 23.0 Å². The van der Waals surface area contributed by atoms with Crippen LogP contribution < -0.4 is 14.2 Å². The first-order valence-corrected chi connectivity index (χ1v) is 8.48. The van der Waals surface area contributed by atoms with Gasteiger partial charge in [-0.1, -0.05) is 6.07 Å². The van der Waals surface area contributed by atoms with Crippen molar-refractivity contribution in [3.05, 3.63) is 52.6 Å². The Kier molecular flexibility index (Phi) is 5.37. The number of carbonyl (C=O) groups excluding carboxylic acids is 1. The molecular weight excluding hydrogens is 348 g/mol. The highest BCUT2D eigenvalue weighted by molar-refractivity contribution is 5.86. The van der Waals surface area contributed by atoms with E-state index in [-0.39, 0.29) is 18.3 Å². The molecule has 2 aromatic rings. The van der Waals surface area contributed by atoms with E-state index in [1.54, 1.807) is 38.5 Å². The first-order chi connectivity index (χ1) is 13.1. The van der Waals surface area contributed by atoms with Crippen LogP contribution in [-0.2, 0) is 4.79 Å². The van der Waals surface area contributed by atoms with Gasteiger partial charge in [0.05, 0.1) is 27.9 Å². The van der Waals surface area contributed by atoms with Crippen molar-refractivity contribution in [2.75, 3.05) is 27.9 Å². The van der Waals surface area contributed by atoms with Gasteiger partial charge in [-0.3, -0.25) is 4.79 Å². The number of ether oxygens (including phenoxy) is 3. The molecule has 0 saturated heterocycles. The minimum absolute atomic E-state index is 0.00127. The predicted octanol–water partition coefficient (Wildman–Crippen LogP) is 2.75. The Balaban J connectivity index is 2.23. The summed E-state index contributed by atoms with van der Waals surface area (Å²) in [5.41, 5.74) is 2.88. The number of fused-ring (bicyclic) bond motifs is 1. The summed E-state index contributed by atoms with van der Waals surface area (Å²) in [6.45, 7) is -0.212. The second kappa shape index (κ2) is 7.72. The maximum absolute atomic E-state index is 11.7. The van der Waals surface area contributed by atoms with Crippen LogP contribution in [0.25, 0.3) is 6.08 Å². The van der Waals surface area contributed by atoms with E-state index in [0.717, 1.165) is 23.0 Å². The van der Waals surface area contributed by atoms with Gasteiger partial charge in [-0.05, 0) is 52.6 Å². The van der Waals surface area contributed by atoms with Gasteiger partial charge in [-0.25, -0.2) is 0 Å². The quantitative estimate of drug-likeness (QED) is 0.761. The van der Waals surface area contributed by atoms with Crippen molar-refractivity contribution in [3.63, 3.8) is 0 Å². The molecule has 6 nitrogen and oxygen atoms in total. The Hall–Kier alpha value is -2.99. The van der Waals surface area contributed by atoms with E-state index in [9.17, 15) is 15.0 Å². The summed E-state index contributed by atoms with van der Waals surface area (Å²) < 4.78 is 15.9. The first kappa shape index (κ1) is 18.8. The normalized spacial score (nSPS) is 18.3. The number of rotatable bonds is 6. The lowest BCUT2D eigenvalue weighted by Crippen LogP contribution is -2.25. The largest absolute Gasteiger partial charge is 0.504 e. The van der Waals surface area contributed by atoms with Crippen LogP contribution in [0.4, 0.5) is 0 Å². The molecule has 27 heavy (non-hydrogen) atoms. The summed E-state index contributed by atoms with van der Waals surface area (Å²) in [7, 11) is 4.58. The summed E-state index contributed by atoms with van der Waals surface area (Å²) in [5, 5.41) is 20.3. The molecule has 1 aliphatic rings. The maximum Gasteiger partial charge on any atom is 0.161 e. The minimum atomic E-state index is -0.444. The number of hydrogen-bond donors (Lipinski definition) is 2. The number of hydrogen-bond acceptors (Lipinski definition) is 6. The standard InChI is InChI=1S/C21H22O6/c1-25-18-5-4-12(7-20(18)27-3)21-15-9-17(24)19(26-2)8-13(15)6-14(10-22)16(21)11-23/h4-10,16,21,23-24H,11H2,1-3H3/t16-,21-/m0/s1. The number of phenolic OH excluding ortho intramolecular Hbond substituents is 1. The third kappa shape index (κ3) is 3.24. The van der Waals surface area contributed by atoms with Gasteiger partial charge in [0.25, 0.3) is 0 Å². The van der Waals surface area contributed by atoms with Gasteiger partial charge in [0.1, 0.15) is 6.29 Å². The van der Waals surface area contributed by atoms with Crippen molar-refractivity contribution in [1.82, 2.24) is 0 Å². The summed E-state index contributed by atoms with van der Waals surface area (Å²) >= 11 is 0. The Morgan fingerprint density at radius 1 is 1.00 bits per heavy atom. The number of benzene rings is 2. The molecule has 0 aromatic heterocycles. The van der Waals surface area contributed by atoms with Crippen molar-refractivity contribution in [1.29, 1.82) is 0 Å². The average molecular weight is 370 g/mol. The molecule has 2 aromatic carbocycles. The zero-order valence-corrected chi connectivity index (χ0v) is 15.4. The van der Waals surface area contributed by atoms with Crippen molar-refractivity contribution in [3.8, 4) is 23.0 Å². The molecule has 142 valence electrons. The molecule has 0 bridgehead atoms. The van der Waals surface area contributed by atoms with Gasteiger partial charge < -0.3 is 24.4 Å². The lowest BCUT2D eigenvalue weighted by molar-refractivity contribution is -0.105. The number of aliphatic hydroxyl groups is 1. The molecule has 0 aliphatic heterocycles. The van der Waals surface area contributed by atoms with E-state index >= 15 is 0 Å². The lowest BCUT2D eigenvalue weighted by Gasteiger charge is -2.32. The summed E-state index contributed by atoms with van der Waals surface area (Å²) in [6.07, 6.45) is 2.49. The summed E-state index contributed by atoms with van der Waals surface area (Å²) in [5.74, 6) is 0.674. The molecule has 0 amide bonds. The molecule has 0 spiro atoms. The lowest BCUT2D eigenvalue weighted by atomic mass is 9.72. The predicted molar refractivity (Wildman–Crippen MR) is 101 cm³/mol. The van der Waals surface area contributed by atoms with Crippen molar-refractivity contribution in [2.45, 2.75) is 5.92 Å². The number of aliphatic hydroxyl groups excluding tert-OH is 1. The van der Waals surface area contributed by atoms with Crippen LogP contribution in [0, 0.1) is 5.92 Å². The van der Waals surface area contributed by atoms with Crippen LogP contribution in [-0.4, -0.2) is 44.4 Å². The Bertz CT molecular complexity index is 886. The molecule has 2 N–H and O–H groups in total. The van der Waals surface area contributed by atoms with Crippen LogP contribution in [0.5, 0.6) is 23.0 Å². The van der Waals surface area contributed by atoms with Crippen LogP contribution in [0.1, 0.15) is 22.6 Å². The highest BCUT2D eigenvalue weighted by Gasteiger charge is 2.34. The molecule has 0 saturated carbocycles.